The first-order chi connectivity index (χ1) is 15.0. The molecule has 0 saturated carbocycles. The number of ether oxygens (including phenoxy) is 1. The molecule has 1 aliphatic rings. The van der Waals surface area contributed by atoms with Crippen molar-refractivity contribution in [3.8, 4) is 11.3 Å². The Hall–Kier alpha value is -3.42. The maximum absolute atomic E-state index is 13.5. The highest BCUT2D eigenvalue weighted by atomic mass is 16.6. The largest absolute Gasteiger partial charge is 0.450 e. The fourth-order valence-corrected chi connectivity index (χ4v) is 3.98. The van der Waals surface area contributed by atoms with E-state index in [1.54, 1.807) is 16.7 Å². The standard InChI is InChI=1S/C23H27N5O3/c1-4-28-16(3)19(15-24-28)21-14-18(17-8-6-7-9-20(17)25-21)22(29)26-10-12-27(13-11-26)23(30)31-5-2/h6-9,14-15H,4-5,10-13H2,1-3H3. The topological polar surface area (TPSA) is 80.6 Å². The second-order valence-corrected chi connectivity index (χ2v) is 7.51. The van der Waals surface area contributed by atoms with Gasteiger partial charge in [0, 0.05) is 49.4 Å². The van der Waals surface area contributed by atoms with Gasteiger partial charge in [-0.25, -0.2) is 9.78 Å². The van der Waals surface area contributed by atoms with Crippen molar-refractivity contribution >= 4 is 22.9 Å². The van der Waals surface area contributed by atoms with Crippen LogP contribution >= 0.6 is 0 Å². The molecule has 2 aromatic heterocycles. The minimum Gasteiger partial charge on any atom is -0.450 e. The van der Waals surface area contributed by atoms with Crippen LogP contribution in [0.15, 0.2) is 36.5 Å². The van der Waals surface area contributed by atoms with E-state index in [0.29, 0.717) is 38.3 Å². The fourth-order valence-electron chi connectivity index (χ4n) is 3.98. The van der Waals surface area contributed by atoms with Crippen LogP contribution in [0.1, 0.15) is 29.9 Å². The van der Waals surface area contributed by atoms with E-state index in [4.69, 9.17) is 9.72 Å². The Morgan fingerprint density at radius 1 is 1.06 bits per heavy atom. The first-order valence-electron chi connectivity index (χ1n) is 10.7. The zero-order valence-corrected chi connectivity index (χ0v) is 18.2. The molecule has 0 bridgehead atoms. The van der Waals surface area contributed by atoms with Crippen LogP contribution in [0, 0.1) is 6.92 Å². The molecular weight excluding hydrogens is 394 g/mol. The Morgan fingerprint density at radius 2 is 1.77 bits per heavy atom. The summed E-state index contributed by atoms with van der Waals surface area (Å²) in [6.45, 7) is 8.82. The summed E-state index contributed by atoms with van der Waals surface area (Å²) in [7, 11) is 0. The van der Waals surface area contributed by atoms with Crippen molar-refractivity contribution < 1.29 is 14.3 Å². The fraction of sp³-hybridized carbons (Fsp3) is 0.391. The molecule has 0 N–H and O–H groups in total. The predicted octanol–water partition coefficient (Wildman–Crippen LogP) is 3.34. The summed E-state index contributed by atoms with van der Waals surface area (Å²) >= 11 is 0. The van der Waals surface area contributed by atoms with Gasteiger partial charge in [-0.1, -0.05) is 18.2 Å². The van der Waals surface area contributed by atoms with E-state index in [9.17, 15) is 9.59 Å². The van der Waals surface area contributed by atoms with Crippen molar-refractivity contribution in [1.29, 1.82) is 0 Å². The molecule has 31 heavy (non-hydrogen) atoms. The number of fused-ring (bicyclic) bond motifs is 1. The number of rotatable bonds is 4. The predicted molar refractivity (Wildman–Crippen MR) is 118 cm³/mol. The Labute approximate surface area is 181 Å². The lowest BCUT2D eigenvalue weighted by Crippen LogP contribution is -2.50. The molecule has 8 heteroatoms. The summed E-state index contributed by atoms with van der Waals surface area (Å²) in [6.07, 6.45) is 1.48. The normalized spacial score (nSPS) is 14.2. The van der Waals surface area contributed by atoms with Crippen molar-refractivity contribution in [3.05, 3.63) is 47.8 Å². The van der Waals surface area contributed by atoms with Crippen molar-refractivity contribution in [1.82, 2.24) is 24.6 Å². The summed E-state index contributed by atoms with van der Waals surface area (Å²) in [5.74, 6) is -0.0519. The molecular formula is C23H27N5O3. The molecule has 0 spiro atoms. The number of carbonyl (C=O) groups excluding carboxylic acids is 2. The minimum absolute atomic E-state index is 0.0519. The number of hydrogen-bond donors (Lipinski definition) is 0. The smallest absolute Gasteiger partial charge is 0.409 e. The second kappa shape index (κ2) is 8.75. The number of carbonyl (C=O) groups is 2. The number of aromatic nitrogens is 3. The van der Waals surface area contributed by atoms with Gasteiger partial charge < -0.3 is 14.5 Å². The van der Waals surface area contributed by atoms with E-state index in [1.165, 1.54) is 0 Å². The van der Waals surface area contributed by atoms with Crippen LogP contribution in [0.25, 0.3) is 22.2 Å². The maximum atomic E-state index is 13.5. The number of aryl methyl sites for hydroxylation is 1. The van der Waals surface area contributed by atoms with Crippen LogP contribution in [-0.4, -0.2) is 69.4 Å². The van der Waals surface area contributed by atoms with E-state index in [-0.39, 0.29) is 12.0 Å². The first kappa shape index (κ1) is 20.8. The van der Waals surface area contributed by atoms with Crippen molar-refractivity contribution in [2.75, 3.05) is 32.8 Å². The SMILES string of the molecule is CCOC(=O)N1CCN(C(=O)c2cc(-c3cnn(CC)c3C)nc3ccccc23)CC1. The average molecular weight is 422 g/mol. The molecule has 2 amide bonds. The van der Waals surface area contributed by atoms with Gasteiger partial charge in [-0.15, -0.1) is 0 Å². The van der Waals surface area contributed by atoms with Crippen LogP contribution < -0.4 is 0 Å². The van der Waals surface area contributed by atoms with Crippen molar-refractivity contribution in [2.45, 2.75) is 27.3 Å². The highest BCUT2D eigenvalue weighted by Gasteiger charge is 2.27. The van der Waals surface area contributed by atoms with Gasteiger partial charge in [0.25, 0.3) is 5.91 Å². The number of benzene rings is 1. The molecule has 162 valence electrons. The van der Waals surface area contributed by atoms with E-state index >= 15 is 0 Å². The summed E-state index contributed by atoms with van der Waals surface area (Å²) in [4.78, 5) is 33.7. The lowest BCUT2D eigenvalue weighted by atomic mass is 10.0. The highest BCUT2D eigenvalue weighted by Crippen LogP contribution is 2.28. The van der Waals surface area contributed by atoms with Gasteiger partial charge in [0.05, 0.1) is 29.6 Å². The molecule has 3 heterocycles. The van der Waals surface area contributed by atoms with Crippen LogP contribution in [0.4, 0.5) is 4.79 Å². The van der Waals surface area contributed by atoms with Crippen molar-refractivity contribution in [3.63, 3.8) is 0 Å². The first-order valence-corrected chi connectivity index (χ1v) is 10.7. The van der Waals surface area contributed by atoms with E-state index in [1.807, 2.05) is 55.1 Å². The Kier molecular flexibility index (Phi) is 5.88. The monoisotopic (exact) mass is 421 g/mol. The van der Waals surface area contributed by atoms with Gasteiger partial charge in [0.15, 0.2) is 0 Å². The zero-order chi connectivity index (χ0) is 22.0. The number of nitrogens with zero attached hydrogens (tertiary/aromatic N) is 5. The van der Waals surface area contributed by atoms with Crippen molar-refractivity contribution in [2.24, 2.45) is 0 Å². The number of hydrogen-bond acceptors (Lipinski definition) is 5. The Bertz CT molecular complexity index is 1120. The molecule has 3 aromatic rings. The lowest BCUT2D eigenvalue weighted by Gasteiger charge is -2.34. The molecule has 1 saturated heterocycles. The molecule has 0 radical (unpaired) electrons. The Morgan fingerprint density at radius 3 is 2.45 bits per heavy atom. The average Bonchev–Trinajstić information content (AvgIpc) is 3.18. The number of pyridine rings is 1. The van der Waals surface area contributed by atoms with E-state index < -0.39 is 0 Å². The Balaban J connectivity index is 1.66. The minimum atomic E-state index is -0.324. The summed E-state index contributed by atoms with van der Waals surface area (Å²) < 4.78 is 6.99. The quantitative estimate of drug-likeness (QED) is 0.645. The van der Waals surface area contributed by atoms with Gasteiger partial charge >= 0.3 is 6.09 Å². The summed E-state index contributed by atoms with van der Waals surface area (Å²) in [6, 6.07) is 9.56. The van der Waals surface area contributed by atoms with Gasteiger partial charge in [-0.2, -0.15) is 5.10 Å². The molecule has 0 aliphatic carbocycles. The number of amides is 2. The highest BCUT2D eigenvalue weighted by molar-refractivity contribution is 6.07. The summed E-state index contributed by atoms with van der Waals surface area (Å²) in [5.41, 5.74) is 4.08. The molecule has 8 nitrogen and oxygen atoms in total. The molecule has 1 aromatic carbocycles. The van der Waals surface area contributed by atoms with Gasteiger partial charge in [-0.3, -0.25) is 9.48 Å². The zero-order valence-electron chi connectivity index (χ0n) is 18.2. The van der Waals surface area contributed by atoms with Crippen LogP contribution in [-0.2, 0) is 11.3 Å². The maximum Gasteiger partial charge on any atom is 0.409 e. The molecule has 0 unspecified atom stereocenters. The van der Waals surface area contributed by atoms with Gasteiger partial charge in [0.2, 0.25) is 0 Å². The molecule has 1 aliphatic heterocycles. The van der Waals surface area contributed by atoms with Gasteiger partial charge in [-0.05, 0) is 32.9 Å². The number of piperazine rings is 1. The third kappa shape index (κ3) is 3.97. The third-order valence-electron chi connectivity index (χ3n) is 5.72. The lowest BCUT2D eigenvalue weighted by molar-refractivity contribution is 0.0572. The van der Waals surface area contributed by atoms with Crippen LogP contribution in [0.3, 0.4) is 0 Å². The van der Waals surface area contributed by atoms with Crippen LogP contribution in [0.2, 0.25) is 0 Å². The molecule has 4 rings (SSSR count). The van der Waals surface area contributed by atoms with E-state index in [2.05, 4.69) is 5.10 Å². The molecule has 0 atom stereocenters. The third-order valence-corrected chi connectivity index (χ3v) is 5.72. The number of para-hydroxylation sites is 1. The van der Waals surface area contributed by atoms with Gasteiger partial charge in [0.1, 0.15) is 0 Å². The van der Waals surface area contributed by atoms with Crippen LogP contribution in [0.5, 0.6) is 0 Å². The molecule has 1 fully saturated rings. The summed E-state index contributed by atoms with van der Waals surface area (Å²) in [5, 5.41) is 5.25. The van der Waals surface area contributed by atoms with E-state index in [0.717, 1.165) is 34.4 Å². The second-order valence-electron chi connectivity index (χ2n) is 7.51.